The maximum absolute atomic E-state index is 12.5. The number of aryl methyl sites for hydroxylation is 1. The zero-order chi connectivity index (χ0) is 20.3. The van der Waals surface area contributed by atoms with Gasteiger partial charge in [-0.2, -0.15) is 0 Å². The first-order valence-corrected chi connectivity index (χ1v) is 12.1. The third-order valence-corrected chi connectivity index (χ3v) is 7.98. The van der Waals surface area contributed by atoms with Gasteiger partial charge in [-0.05, 0) is 43.4 Å². The summed E-state index contributed by atoms with van der Waals surface area (Å²) in [5, 5.41) is 11.6. The van der Waals surface area contributed by atoms with Crippen molar-refractivity contribution < 1.29 is 13.2 Å². The molecule has 0 radical (unpaired) electrons. The van der Waals surface area contributed by atoms with E-state index in [4.69, 9.17) is 0 Å². The number of carbonyl (C=O) groups is 1. The summed E-state index contributed by atoms with van der Waals surface area (Å²) in [5.74, 6) is 1.23. The molecule has 2 heterocycles. The van der Waals surface area contributed by atoms with Crippen molar-refractivity contribution >= 4 is 33.2 Å². The van der Waals surface area contributed by atoms with Gasteiger partial charge >= 0.3 is 0 Å². The molecule has 1 amide bonds. The van der Waals surface area contributed by atoms with Gasteiger partial charge in [0.2, 0.25) is 5.91 Å². The second kappa shape index (κ2) is 8.65. The Hall–Kier alpha value is -1.87. The summed E-state index contributed by atoms with van der Waals surface area (Å²) in [6.07, 6.45) is 2.22. The van der Waals surface area contributed by atoms with E-state index in [0.29, 0.717) is 18.0 Å². The normalized spacial score (nSPS) is 19.5. The Balaban J connectivity index is 1.58. The molecule has 1 saturated heterocycles. The maximum atomic E-state index is 12.5. The molecule has 9 heteroatoms. The highest BCUT2D eigenvalue weighted by Crippen LogP contribution is 2.26. The molecular formula is C19H26N4O3S2. The predicted octanol–water partition coefficient (Wildman–Crippen LogP) is 2.47. The number of thioether (sulfide) groups is 1. The number of carbonyl (C=O) groups excluding carboxylic acids is 1. The minimum atomic E-state index is -2.90. The summed E-state index contributed by atoms with van der Waals surface area (Å²) in [7, 11) is -1.05. The smallest absolute Gasteiger partial charge is 0.237 e. The Morgan fingerprint density at radius 3 is 2.64 bits per heavy atom. The highest BCUT2D eigenvalue weighted by atomic mass is 32.2. The zero-order valence-corrected chi connectivity index (χ0v) is 18.0. The SMILES string of the molecule is CCc1ccc(NC(=O)[C@H](C)Sc2nnc(C[C@@H]3CCS(=O)(=O)C3)n2C)cc1. The minimum absolute atomic E-state index is 0.0950. The van der Waals surface area contributed by atoms with Crippen molar-refractivity contribution in [2.75, 3.05) is 16.8 Å². The lowest BCUT2D eigenvalue weighted by atomic mass is 10.1. The summed E-state index contributed by atoms with van der Waals surface area (Å²) >= 11 is 1.34. The molecule has 1 aromatic carbocycles. The number of hydrogen-bond acceptors (Lipinski definition) is 6. The highest BCUT2D eigenvalue weighted by molar-refractivity contribution is 8.00. The van der Waals surface area contributed by atoms with Crippen LogP contribution >= 0.6 is 11.8 Å². The second-order valence-electron chi connectivity index (χ2n) is 7.23. The van der Waals surface area contributed by atoms with Crippen LogP contribution in [-0.4, -0.2) is 45.8 Å². The first-order valence-electron chi connectivity index (χ1n) is 9.42. The fourth-order valence-electron chi connectivity index (χ4n) is 3.20. The number of hydrogen-bond donors (Lipinski definition) is 1. The van der Waals surface area contributed by atoms with E-state index in [0.717, 1.165) is 17.9 Å². The predicted molar refractivity (Wildman–Crippen MR) is 111 cm³/mol. The van der Waals surface area contributed by atoms with Gasteiger partial charge in [-0.3, -0.25) is 4.79 Å². The van der Waals surface area contributed by atoms with Gasteiger partial charge in [-0.1, -0.05) is 30.8 Å². The number of nitrogens with one attached hydrogen (secondary N) is 1. The first-order chi connectivity index (χ1) is 13.3. The van der Waals surface area contributed by atoms with E-state index in [1.54, 1.807) is 0 Å². The fourth-order valence-corrected chi connectivity index (χ4v) is 5.89. The molecule has 1 aliphatic rings. The van der Waals surface area contributed by atoms with Crippen LogP contribution in [0.2, 0.25) is 0 Å². The average Bonchev–Trinajstić information content (AvgIpc) is 3.18. The molecule has 0 unspecified atom stereocenters. The largest absolute Gasteiger partial charge is 0.325 e. The fraction of sp³-hybridized carbons (Fsp3) is 0.526. The van der Waals surface area contributed by atoms with Gasteiger partial charge in [-0.25, -0.2) is 8.42 Å². The van der Waals surface area contributed by atoms with Crippen LogP contribution < -0.4 is 5.32 Å². The van der Waals surface area contributed by atoms with Crippen molar-refractivity contribution in [3.63, 3.8) is 0 Å². The van der Waals surface area contributed by atoms with Crippen molar-refractivity contribution in [2.45, 2.75) is 43.5 Å². The molecule has 0 aliphatic carbocycles. The average molecular weight is 423 g/mol. The van der Waals surface area contributed by atoms with Crippen LogP contribution in [0.3, 0.4) is 0 Å². The Labute approximate surface area is 170 Å². The Bertz CT molecular complexity index is 939. The van der Waals surface area contributed by atoms with Crippen LogP contribution in [0.1, 0.15) is 31.7 Å². The second-order valence-corrected chi connectivity index (χ2v) is 10.8. The molecule has 0 saturated carbocycles. The lowest BCUT2D eigenvalue weighted by Crippen LogP contribution is -2.22. The van der Waals surface area contributed by atoms with Crippen molar-refractivity contribution in [3.05, 3.63) is 35.7 Å². The van der Waals surface area contributed by atoms with Crippen LogP contribution in [-0.2, 0) is 34.5 Å². The van der Waals surface area contributed by atoms with Crippen molar-refractivity contribution in [1.29, 1.82) is 0 Å². The number of aromatic nitrogens is 3. The number of nitrogens with zero attached hydrogens (tertiary/aromatic N) is 3. The van der Waals surface area contributed by atoms with Crippen molar-refractivity contribution in [2.24, 2.45) is 13.0 Å². The molecule has 1 fully saturated rings. The quantitative estimate of drug-likeness (QED) is 0.689. The van der Waals surface area contributed by atoms with Crippen molar-refractivity contribution in [3.8, 4) is 0 Å². The number of amides is 1. The number of sulfone groups is 1. The van der Waals surface area contributed by atoms with Gasteiger partial charge in [0.25, 0.3) is 0 Å². The van der Waals surface area contributed by atoms with Gasteiger partial charge in [0, 0.05) is 19.2 Å². The third-order valence-electron chi connectivity index (χ3n) is 5.00. The van der Waals surface area contributed by atoms with Gasteiger partial charge in [0.1, 0.15) is 5.82 Å². The monoisotopic (exact) mass is 422 g/mol. The van der Waals surface area contributed by atoms with Gasteiger partial charge in [-0.15, -0.1) is 10.2 Å². The van der Waals surface area contributed by atoms with Gasteiger partial charge in [0.05, 0.1) is 16.8 Å². The molecule has 0 spiro atoms. The standard InChI is InChI=1S/C19H26N4O3S2/c1-4-14-5-7-16(8-6-14)20-18(24)13(2)27-19-22-21-17(23(19)3)11-15-9-10-28(25,26)12-15/h5-8,13,15H,4,9-12H2,1-3H3,(H,20,24)/t13-,15-/m0/s1. The van der Waals surface area contributed by atoms with Gasteiger partial charge in [0.15, 0.2) is 15.0 Å². The molecule has 3 rings (SSSR count). The van der Waals surface area contributed by atoms with Crippen LogP contribution in [0.25, 0.3) is 0 Å². The molecule has 2 atom stereocenters. The summed E-state index contributed by atoms with van der Waals surface area (Å²) in [6, 6.07) is 7.82. The minimum Gasteiger partial charge on any atom is -0.325 e. The molecular weight excluding hydrogens is 396 g/mol. The van der Waals surface area contributed by atoms with E-state index in [1.165, 1.54) is 17.3 Å². The van der Waals surface area contributed by atoms with Crippen LogP contribution in [0.4, 0.5) is 5.69 Å². The Morgan fingerprint density at radius 2 is 2.04 bits per heavy atom. The zero-order valence-electron chi connectivity index (χ0n) is 16.4. The molecule has 1 aromatic heterocycles. The van der Waals surface area contributed by atoms with E-state index in [9.17, 15) is 13.2 Å². The maximum Gasteiger partial charge on any atom is 0.237 e. The van der Waals surface area contributed by atoms with E-state index < -0.39 is 9.84 Å². The van der Waals surface area contributed by atoms with Crippen LogP contribution in [0.15, 0.2) is 29.4 Å². The number of anilines is 1. The van der Waals surface area contributed by atoms with Crippen LogP contribution in [0, 0.1) is 5.92 Å². The lowest BCUT2D eigenvalue weighted by Gasteiger charge is -2.12. The topological polar surface area (TPSA) is 94.0 Å². The van der Waals surface area contributed by atoms with E-state index in [1.807, 2.05) is 42.8 Å². The van der Waals surface area contributed by atoms with Gasteiger partial charge < -0.3 is 9.88 Å². The number of benzene rings is 1. The molecule has 152 valence electrons. The summed E-state index contributed by atoms with van der Waals surface area (Å²) in [6.45, 7) is 3.92. The van der Waals surface area contributed by atoms with Crippen molar-refractivity contribution in [1.82, 2.24) is 14.8 Å². The highest BCUT2D eigenvalue weighted by Gasteiger charge is 2.29. The third kappa shape index (κ3) is 5.14. The molecule has 28 heavy (non-hydrogen) atoms. The van der Waals surface area contributed by atoms with E-state index in [2.05, 4.69) is 22.4 Å². The van der Waals surface area contributed by atoms with E-state index >= 15 is 0 Å². The molecule has 1 N–H and O–H groups in total. The molecule has 1 aliphatic heterocycles. The molecule has 0 bridgehead atoms. The number of rotatable bonds is 7. The Kier molecular flexibility index (Phi) is 6.44. The lowest BCUT2D eigenvalue weighted by molar-refractivity contribution is -0.115. The summed E-state index contributed by atoms with van der Waals surface area (Å²) in [4.78, 5) is 12.5. The molecule has 2 aromatic rings. The Morgan fingerprint density at radius 1 is 1.32 bits per heavy atom. The first kappa shape index (κ1) is 20.9. The van der Waals surface area contributed by atoms with Crippen LogP contribution in [0.5, 0.6) is 0 Å². The summed E-state index contributed by atoms with van der Waals surface area (Å²) < 4.78 is 25.1. The summed E-state index contributed by atoms with van der Waals surface area (Å²) in [5.41, 5.74) is 2.00. The van der Waals surface area contributed by atoms with E-state index in [-0.39, 0.29) is 28.6 Å². The molecule has 7 nitrogen and oxygen atoms in total.